The van der Waals surface area contributed by atoms with E-state index in [1.54, 1.807) is 45.6 Å². The van der Waals surface area contributed by atoms with Crippen LogP contribution in [-0.2, 0) is 20.4 Å². The quantitative estimate of drug-likeness (QED) is 0.146. The summed E-state index contributed by atoms with van der Waals surface area (Å²) in [6.07, 6.45) is 6.08. The van der Waals surface area contributed by atoms with Gasteiger partial charge in [0.05, 0.1) is 21.9 Å². The number of piperidine rings is 2. The predicted molar refractivity (Wildman–Crippen MR) is 217 cm³/mol. The molecule has 0 spiro atoms. The number of likely N-dealkylation sites (tertiary alicyclic amines) is 2. The molecule has 2 saturated heterocycles. The predicted octanol–water partition coefficient (Wildman–Crippen LogP) is 3.98. The summed E-state index contributed by atoms with van der Waals surface area (Å²) in [6, 6.07) is 8.42. The molecule has 4 heterocycles. The van der Waals surface area contributed by atoms with Gasteiger partial charge in [-0.05, 0) is 74.9 Å². The molecule has 15 nitrogen and oxygen atoms in total. The number of ketones is 2. The fourth-order valence-electron chi connectivity index (χ4n) is 6.13. The second kappa shape index (κ2) is 20.6. The van der Waals surface area contributed by atoms with Crippen LogP contribution in [0.3, 0.4) is 0 Å². The number of nitrogens with zero attached hydrogens (tertiary/aromatic N) is 6. The molecule has 2 fully saturated rings. The SMILES string of the molecule is CC(=O)N1CCC(N)CC1.CC(=O)N1CCC(Nc2ncc(C(=O)c3cc(F)ccc3C)c(N)n2)CC1.CCS(=O)c1ncc(C(=O)c2cc(F)ccc2C)c(N)n1. The van der Waals surface area contributed by atoms with Crippen molar-refractivity contribution >= 4 is 51.8 Å². The maximum Gasteiger partial charge on any atom is 0.224 e. The number of anilines is 3. The summed E-state index contributed by atoms with van der Waals surface area (Å²) in [5.74, 6) is -0.944. The van der Waals surface area contributed by atoms with Gasteiger partial charge in [-0.15, -0.1) is 0 Å². The molecule has 4 aromatic rings. The third-order valence-electron chi connectivity index (χ3n) is 9.72. The van der Waals surface area contributed by atoms with Crippen molar-refractivity contribution in [3.05, 3.63) is 93.8 Å². The van der Waals surface area contributed by atoms with Crippen molar-refractivity contribution in [2.75, 3.05) is 48.7 Å². The third kappa shape index (κ3) is 12.1. The zero-order valence-corrected chi connectivity index (χ0v) is 34.1. The molecule has 310 valence electrons. The zero-order chi connectivity index (χ0) is 42.7. The zero-order valence-electron chi connectivity index (χ0n) is 33.3. The Bertz CT molecular complexity index is 2160. The molecule has 2 aliphatic heterocycles. The molecule has 2 amide bonds. The number of benzene rings is 2. The normalized spacial score (nSPS) is 15.0. The van der Waals surface area contributed by atoms with Crippen molar-refractivity contribution in [1.82, 2.24) is 29.7 Å². The van der Waals surface area contributed by atoms with Crippen LogP contribution in [0.15, 0.2) is 53.9 Å². The summed E-state index contributed by atoms with van der Waals surface area (Å²) >= 11 is 0. The average molecular weight is 821 g/mol. The summed E-state index contributed by atoms with van der Waals surface area (Å²) in [6.45, 7) is 11.4. The first-order valence-electron chi connectivity index (χ1n) is 18.8. The second-order valence-electron chi connectivity index (χ2n) is 13.9. The fourth-order valence-corrected chi connectivity index (χ4v) is 6.76. The summed E-state index contributed by atoms with van der Waals surface area (Å²) in [5, 5.41) is 3.28. The van der Waals surface area contributed by atoms with Gasteiger partial charge in [0.15, 0.2) is 11.6 Å². The van der Waals surface area contributed by atoms with Crippen LogP contribution in [0.25, 0.3) is 0 Å². The van der Waals surface area contributed by atoms with E-state index in [-0.39, 0.29) is 56.9 Å². The van der Waals surface area contributed by atoms with E-state index in [1.807, 2.05) is 4.90 Å². The molecule has 18 heteroatoms. The van der Waals surface area contributed by atoms with Gasteiger partial charge in [-0.25, -0.2) is 23.7 Å². The number of amides is 2. The van der Waals surface area contributed by atoms with Gasteiger partial charge in [0.25, 0.3) is 0 Å². The maximum absolute atomic E-state index is 13.5. The minimum atomic E-state index is -1.35. The van der Waals surface area contributed by atoms with E-state index in [9.17, 15) is 32.2 Å². The van der Waals surface area contributed by atoms with E-state index < -0.39 is 34.0 Å². The number of aryl methyl sites for hydroxylation is 2. The van der Waals surface area contributed by atoms with E-state index in [4.69, 9.17) is 17.2 Å². The molecule has 2 aromatic carbocycles. The lowest BCUT2D eigenvalue weighted by Gasteiger charge is -2.31. The monoisotopic (exact) mass is 820 g/mol. The Morgan fingerprint density at radius 3 is 1.62 bits per heavy atom. The summed E-state index contributed by atoms with van der Waals surface area (Å²) in [5.41, 5.74) is 19.3. The molecule has 0 bridgehead atoms. The molecular weight excluding hydrogens is 771 g/mol. The van der Waals surface area contributed by atoms with Crippen molar-refractivity contribution < 1.29 is 32.2 Å². The van der Waals surface area contributed by atoms with Crippen LogP contribution in [0.2, 0.25) is 0 Å². The smallest absolute Gasteiger partial charge is 0.224 e. The number of hydrogen-bond acceptors (Lipinski definition) is 13. The van der Waals surface area contributed by atoms with Crippen LogP contribution < -0.4 is 22.5 Å². The average Bonchev–Trinajstić information content (AvgIpc) is 3.20. The van der Waals surface area contributed by atoms with E-state index in [0.29, 0.717) is 42.0 Å². The topological polar surface area (TPSA) is 233 Å². The molecular formula is C40H50F2N10O5S. The van der Waals surface area contributed by atoms with Gasteiger partial charge in [0.1, 0.15) is 23.3 Å². The number of nitrogen functional groups attached to an aromatic ring is 2. The van der Waals surface area contributed by atoms with Crippen LogP contribution in [0.4, 0.5) is 26.4 Å². The molecule has 7 N–H and O–H groups in total. The van der Waals surface area contributed by atoms with Crippen molar-refractivity contribution in [1.29, 1.82) is 0 Å². The fraction of sp³-hybridized carbons (Fsp3) is 0.400. The van der Waals surface area contributed by atoms with Crippen LogP contribution in [0.5, 0.6) is 0 Å². The van der Waals surface area contributed by atoms with E-state index in [0.717, 1.165) is 44.8 Å². The molecule has 2 aromatic heterocycles. The van der Waals surface area contributed by atoms with Gasteiger partial charge in [0.2, 0.25) is 22.9 Å². The highest BCUT2D eigenvalue weighted by Crippen LogP contribution is 2.22. The van der Waals surface area contributed by atoms with Gasteiger partial charge in [-0.3, -0.25) is 23.4 Å². The first-order valence-corrected chi connectivity index (χ1v) is 20.1. The highest BCUT2D eigenvalue weighted by molar-refractivity contribution is 7.84. The maximum atomic E-state index is 13.5. The summed E-state index contributed by atoms with van der Waals surface area (Å²) in [7, 11) is -1.35. The Labute approximate surface area is 338 Å². The molecule has 0 radical (unpaired) electrons. The lowest BCUT2D eigenvalue weighted by molar-refractivity contribution is -0.130. The van der Waals surface area contributed by atoms with E-state index in [1.165, 1.54) is 36.7 Å². The number of hydrogen-bond donors (Lipinski definition) is 4. The highest BCUT2D eigenvalue weighted by atomic mass is 32.2. The lowest BCUT2D eigenvalue weighted by Crippen LogP contribution is -2.41. The Balaban J connectivity index is 0.000000212. The first kappa shape index (κ1) is 45.0. The minimum Gasteiger partial charge on any atom is -0.383 e. The van der Waals surface area contributed by atoms with Gasteiger partial charge in [-0.2, -0.15) is 4.98 Å². The number of rotatable bonds is 8. The van der Waals surface area contributed by atoms with Crippen LogP contribution in [0.1, 0.15) is 89.4 Å². The Morgan fingerprint density at radius 2 is 1.19 bits per heavy atom. The first-order chi connectivity index (χ1) is 27.5. The van der Waals surface area contributed by atoms with E-state index >= 15 is 0 Å². The van der Waals surface area contributed by atoms with Crippen molar-refractivity contribution in [3.63, 3.8) is 0 Å². The highest BCUT2D eigenvalue weighted by Gasteiger charge is 2.23. The molecule has 2 aliphatic rings. The molecule has 0 aliphatic carbocycles. The summed E-state index contributed by atoms with van der Waals surface area (Å²) in [4.78, 5) is 67.0. The second-order valence-corrected chi connectivity index (χ2v) is 15.6. The van der Waals surface area contributed by atoms with Crippen molar-refractivity contribution in [2.45, 2.75) is 77.5 Å². The number of halogens is 2. The Morgan fingerprint density at radius 1 is 0.741 bits per heavy atom. The van der Waals surface area contributed by atoms with Gasteiger partial charge >= 0.3 is 0 Å². The minimum absolute atomic E-state index is 0.0438. The Hall–Kier alpha value is -5.75. The molecule has 6 rings (SSSR count). The Kier molecular flexibility index (Phi) is 16.0. The summed E-state index contributed by atoms with van der Waals surface area (Å²) < 4.78 is 38.4. The van der Waals surface area contributed by atoms with Crippen molar-refractivity contribution in [2.24, 2.45) is 5.73 Å². The standard InChI is InChI=1S/C19H22FN5O2.C14H14FN3O2S.C7H14N2O/c1-11-3-4-13(20)9-15(11)17(27)16-10-22-19(24-18(16)21)23-14-5-7-25(8-6-14)12(2)26;1-3-21(20)14-17-7-11(13(16)18-14)12(19)10-6-9(15)5-4-8(10)2;1-6(10)9-4-2-7(8)3-5-9/h3-4,9-10,14H,5-8H2,1-2H3,(H3,21,22,23,24);4-7H,3H2,1-2H3,(H2,16,17,18);7H,2-5,8H2,1H3. The molecule has 0 saturated carbocycles. The van der Waals surface area contributed by atoms with Crippen LogP contribution >= 0.6 is 0 Å². The van der Waals surface area contributed by atoms with E-state index in [2.05, 4.69) is 25.3 Å². The molecule has 1 unspecified atom stereocenters. The van der Waals surface area contributed by atoms with Crippen LogP contribution in [-0.4, -0.2) is 101 Å². The number of aromatic nitrogens is 4. The number of carbonyl (C=O) groups excluding carboxylic acids is 4. The van der Waals surface area contributed by atoms with Crippen molar-refractivity contribution in [3.8, 4) is 0 Å². The van der Waals surface area contributed by atoms with Crippen LogP contribution in [0, 0.1) is 25.5 Å². The molecule has 1 atom stereocenters. The van der Waals surface area contributed by atoms with Gasteiger partial charge in [-0.1, -0.05) is 19.1 Å². The number of carbonyl (C=O) groups is 4. The third-order valence-corrected chi connectivity index (χ3v) is 10.8. The van der Waals surface area contributed by atoms with Gasteiger partial charge in [0, 0.05) is 81.4 Å². The van der Waals surface area contributed by atoms with Gasteiger partial charge < -0.3 is 32.3 Å². The largest absolute Gasteiger partial charge is 0.383 e. The number of nitrogens with two attached hydrogens (primary N) is 3. The molecule has 58 heavy (non-hydrogen) atoms. The number of nitrogens with one attached hydrogen (secondary N) is 1. The lowest BCUT2D eigenvalue weighted by atomic mass is 10.0.